The Kier molecular flexibility index (Phi) is 4.21. The van der Waals surface area contributed by atoms with E-state index in [9.17, 15) is 14.9 Å². The topological polar surface area (TPSA) is 98.2 Å². The molecule has 0 saturated heterocycles. The quantitative estimate of drug-likeness (QED) is 0.453. The molecule has 0 aliphatic rings. The lowest BCUT2D eigenvalue weighted by atomic mass is 10.5. The summed E-state index contributed by atoms with van der Waals surface area (Å²) in [4.78, 5) is 20.8. The van der Waals surface area contributed by atoms with Crippen molar-refractivity contribution < 1.29 is 18.9 Å². The van der Waals surface area contributed by atoms with Crippen molar-refractivity contribution in [3.05, 3.63) is 28.0 Å². The summed E-state index contributed by atoms with van der Waals surface area (Å²) in [5.74, 6) is -0.210. The highest BCUT2D eigenvalue weighted by Crippen LogP contribution is 2.13. The van der Waals surface area contributed by atoms with E-state index in [4.69, 9.17) is 4.42 Å². The second-order valence-electron chi connectivity index (χ2n) is 2.90. The predicted molar refractivity (Wildman–Crippen MR) is 57.7 cm³/mol. The first-order valence-corrected chi connectivity index (χ1v) is 4.73. The van der Waals surface area contributed by atoms with Crippen LogP contribution < -0.4 is 0 Å². The van der Waals surface area contributed by atoms with Crippen LogP contribution in [0.3, 0.4) is 0 Å². The van der Waals surface area contributed by atoms with E-state index in [0.29, 0.717) is 0 Å². The van der Waals surface area contributed by atoms with Gasteiger partial charge in [-0.2, -0.15) is 5.10 Å². The normalized spacial score (nSPS) is 10.5. The molecule has 1 rings (SSSR count). The van der Waals surface area contributed by atoms with Crippen molar-refractivity contribution >= 4 is 18.2 Å². The molecule has 0 fully saturated rings. The van der Waals surface area contributed by atoms with Crippen molar-refractivity contribution in [1.29, 1.82) is 0 Å². The highest BCUT2D eigenvalue weighted by molar-refractivity contribution is 5.78. The molecule has 92 valence electrons. The molecular weight excluding hydrogens is 230 g/mol. The standard InChI is InChI=1S/C9H11N3O5/c1-3-16-9(13)11(2)10-6-7-4-5-8(17-7)12(14)15/h4-6H,3H2,1-2H3/b10-6+. The van der Waals surface area contributed by atoms with E-state index >= 15 is 0 Å². The predicted octanol–water partition coefficient (Wildman–Crippen LogP) is 1.61. The Morgan fingerprint density at radius 2 is 2.41 bits per heavy atom. The summed E-state index contributed by atoms with van der Waals surface area (Å²) >= 11 is 0. The number of rotatable bonds is 4. The molecule has 8 heteroatoms. The minimum atomic E-state index is -0.660. The van der Waals surface area contributed by atoms with E-state index in [0.717, 1.165) is 5.01 Å². The van der Waals surface area contributed by atoms with Gasteiger partial charge in [0.25, 0.3) is 0 Å². The van der Waals surface area contributed by atoms with Crippen molar-refractivity contribution in [1.82, 2.24) is 5.01 Å². The van der Waals surface area contributed by atoms with Crippen LogP contribution >= 0.6 is 0 Å². The van der Waals surface area contributed by atoms with Gasteiger partial charge in [0.1, 0.15) is 4.92 Å². The summed E-state index contributed by atoms with van der Waals surface area (Å²) in [5, 5.41) is 15.0. The van der Waals surface area contributed by atoms with Crippen molar-refractivity contribution in [3.8, 4) is 0 Å². The molecule has 0 saturated carbocycles. The highest BCUT2D eigenvalue weighted by atomic mass is 16.6. The molecule has 1 amide bonds. The molecule has 0 radical (unpaired) electrons. The number of carbonyl (C=O) groups is 1. The van der Waals surface area contributed by atoms with Gasteiger partial charge in [-0.1, -0.05) is 0 Å². The monoisotopic (exact) mass is 241 g/mol. The van der Waals surface area contributed by atoms with Crippen LogP contribution in [0.15, 0.2) is 21.7 Å². The molecule has 0 aromatic carbocycles. The fourth-order valence-corrected chi connectivity index (χ4v) is 0.917. The fourth-order valence-electron chi connectivity index (χ4n) is 0.917. The van der Waals surface area contributed by atoms with Gasteiger partial charge in [-0.15, -0.1) is 0 Å². The molecule has 0 aliphatic carbocycles. The smallest absolute Gasteiger partial charge is 0.433 e. The number of nitrogens with zero attached hydrogens (tertiary/aromatic N) is 3. The first-order valence-electron chi connectivity index (χ1n) is 4.73. The second kappa shape index (κ2) is 5.64. The van der Waals surface area contributed by atoms with Crippen LogP contribution in [0.2, 0.25) is 0 Å². The molecule has 1 heterocycles. The molecule has 0 unspecified atom stereocenters. The van der Waals surface area contributed by atoms with Gasteiger partial charge in [0.2, 0.25) is 0 Å². The number of amides is 1. The minimum absolute atomic E-state index is 0.174. The number of hydrazone groups is 1. The van der Waals surface area contributed by atoms with Crippen molar-refractivity contribution in [3.63, 3.8) is 0 Å². The molecular formula is C9H11N3O5. The summed E-state index contributed by atoms with van der Waals surface area (Å²) in [6.45, 7) is 1.91. The average molecular weight is 241 g/mol. The van der Waals surface area contributed by atoms with Gasteiger partial charge >= 0.3 is 12.0 Å². The number of hydrogen-bond acceptors (Lipinski definition) is 6. The van der Waals surface area contributed by atoms with Crippen LogP contribution in [0.4, 0.5) is 10.7 Å². The molecule has 17 heavy (non-hydrogen) atoms. The molecule has 1 aromatic rings. The maximum absolute atomic E-state index is 11.1. The number of hydrogen-bond donors (Lipinski definition) is 0. The maximum Gasteiger partial charge on any atom is 0.433 e. The third kappa shape index (κ3) is 3.59. The van der Waals surface area contributed by atoms with Gasteiger partial charge in [0.15, 0.2) is 5.76 Å². The van der Waals surface area contributed by atoms with Gasteiger partial charge in [-0.25, -0.2) is 9.80 Å². The molecule has 0 spiro atoms. The zero-order chi connectivity index (χ0) is 12.8. The maximum atomic E-state index is 11.1. The van der Waals surface area contributed by atoms with Gasteiger partial charge < -0.3 is 9.15 Å². The van der Waals surface area contributed by atoms with E-state index in [2.05, 4.69) is 9.84 Å². The second-order valence-corrected chi connectivity index (χ2v) is 2.90. The van der Waals surface area contributed by atoms with E-state index in [1.54, 1.807) is 6.92 Å². The number of nitro groups is 1. The van der Waals surface area contributed by atoms with Gasteiger partial charge in [-0.05, 0) is 13.0 Å². The zero-order valence-electron chi connectivity index (χ0n) is 9.32. The van der Waals surface area contributed by atoms with Gasteiger partial charge in [-0.3, -0.25) is 10.1 Å². The summed E-state index contributed by atoms with van der Waals surface area (Å²) in [5.41, 5.74) is 0. The number of ether oxygens (including phenoxy) is 1. The molecule has 0 bridgehead atoms. The first-order chi connectivity index (χ1) is 8.04. The van der Waals surface area contributed by atoms with Crippen molar-refractivity contribution in [2.45, 2.75) is 6.92 Å². The lowest BCUT2D eigenvalue weighted by Gasteiger charge is -2.08. The fraction of sp³-hybridized carbons (Fsp3) is 0.333. The summed E-state index contributed by atoms with van der Waals surface area (Å²) in [6, 6.07) is 2.58. The van der Waals surface area contributed by atoms with Crippen LogP contribution in [0, 0.1) is 10.1 Å². The first kappa shape index (κ1) is 12.7. The Balaban J connectivity index is 2.63. The third-order valence-corrected chi connectivity index (χ3v) is 1.68. The lowest BCUT2D eigenvalue weighted by Crippen LogP contribution is -2.22. The van der Waals surface area contributed by atoms with Crippen LogP contribution in [0.1, 0.15) is 12.7 Å². The molecule has 8 nitrogen and oxygen atoms in total. The highest BCUT2D eigenvalue weighted by Gasteiger charge is 2.11. The van der Waals surface area contributed by atoms with Gasteiger partial charge in [0, 0.05) is 7.05 Å². The third-order valence-electron chi connectivity index (χ3n) is 1.68. The molecule has 0 aliphatic heterocycles. The van der Waals surface area contributed by atoms with Crippen LogP contribution in [0.25, 0.3) is 0 Å². The van der Waals surface area contributed by atoms with Crippen molar-refractivity contribution in [2.75, 3.05) is 13.7 Å². The summed E-state index contributed by atoms with van der Waals surface area (Å²) in [6.07, 6.45) is 0.564. The Morgan fingerprint density at radius 1 is 1.71 bits per heavy atom. The van der Waals surface area contributed by atoms with E-state index < -0.39 is 11.0 Å². The Bertz CT molecular complexity index is 440. The van der Waals surface area contributed by atoms with Crippen LogP contribution in [0.5, 0.6) is 0 Å². The Morgan fingerprint density at radius 3 is 2.94 bits per heavy atom. The molecule has 1 aromatic heterocycles. The molecule has 0 atom stereocenters. The van der Waals surface area contributed by atoms with E-state index in [-0.39, 0.29) is 18.3 Å². The minimum Gasteiger partial charge on any atom is -0.448 e. The van der Waals surface area contributed by atoms with Crippen molar-refractivity contribution in [2.24, 2.45) is 5.10 Å². The average Bonchev–Trinajstić information content (AvgIpc) is 2.75. The largest absolute Gasteiger partial charge is 0.448 e. The zero-order valence-corrected chi connectivity index (χ0v) is 9.32. The SMILES string of the molecule is CCOC(=O)N(C)/N=C/c1ccc([N+](=O)[O-])o1. The summed E-state index contributed by atoms with van der Waals surface area (Å²) in [7, 11) is 1.39. The summed E-state index contributed by atoms with van der Waals surface area (Å²) < 4.78 is 9.48. The number of furan rings is 1. The van der Waals surface area contributed by atoms with E-state index in [1.807, 2.05) is 0 Å². The van der Waals surface area contributed by atoms with Gasteiger partial charge in [0.05, 0.1) is 18.9 Å². The number of carbonyl (C=O) groups excluding carboxylic acids is 1. The lowest BCUT2D eigenvalue weighted by molar-refractivity contribution is -0.402. The Labute approximate surface area is 96.6 Å². The van der Waals surface area contributed by atoms with Crippen LogP contribution in [-0.4, -0.2) is 35.9 Å². The Hall–Kier alpha value is -2.38. The van der Waals surface area contributed by atoms with E-state index in [1.165, 1.54) is 25.4 Å². The molecule has 0 N–H and O–H groups in total. The van der Waals surface area contributed by atoms with Crippen LogP contribution in [-0.2, 0) is 4.74 Å².